The molecule has 1 saturated heterocycles. The second kappa shape index (κ2) is 3.75. The molecule has 1 aliphatic heterocycles. The monoisotopic (exact) mass is 219 g/mol. The molecule has 0 aromatic carbocycles. The van der Waals surface area contributed by atoms with Gasteiger partial charge >= 0.3 is 5.76 Å². The average Bonchev–Trinajstić information content (AvgIpc) is 2.69. The third-order valence-electron chi connectivity index (χ3n) is 3.07. The average molecular weight is 219 g/mol. The zero-order valence-electron chi connectivity index (χ0n) is 8.82. The summed E-state index contributed by atoms with van der Waals surface area (Å²) in [5.41, 5.74) is 2.11. The molecule has 2 N–H and O–H groups in total. The summed E-state index contributed by atoms with van der Waals surface area (Å²) in [6, 6.07) is 3.84. The predicted molar refractivity (Wildman–Crippen MR) is 59.5 cm³/mol. The van der Waals surface area contributed by atoms with Gasteiger partial charge in [0, 0.05) is 11.6 Å². The van der Waals surface area contributed by atoms with Crippen molar-refractivity contribution in [1.82, 2.24) is 15.3 Å². The van der Waals surface area contributed by atoms with Gasteiger partial charge in [0.25, 0.3) is 0 Å². The van der Waals surface area contributed by atoms with Crippen molar-refractivity contribution in [2.45, 2.75) is 18.8 Å². The molecule has 84 valence electrons. The van der Waals surface area contributed by atoms with Crippen LogP contribution in [-0.4, -0.2) is 23.1 Å². The Hall–Kier alpha value is -1.62. The number of rotatable bonds is 1. The molecule has 3 heterocycles. The van der Waals surface area contributed by atoms with E-state index in [-0.39, 0.29) is 0 Å². The molecule has 0 atom stereocenters. The minimum Gasteiger partial charge on any atom is -0.389 e. The van der Waals surface area contributed by atoms with Crippen molar-refractivity contribution in [3.8, 4) is 0 Å². The number of H-pyrrole nitrogens is 1. The van der Waals surface area contributed by atoms with Gasteiger partial charge in [-0.15, -0.1) is 0 Å². The molecule has 0 amide bonds. The third kappa shape index (κ3) is 1.63. The fraction of sp³-hybridized carbons (Fsp3) is 0.455. The van der Waals surface area contributed by atoms with Gasteiger partial charge in [-0.05, 0) is 38.1 Å². The van der Waals surface area contributed by atoms with Crippen molar-refractivity contribution in [1.29, 1.82) is 0 Å². The van der Waals surface area contributed by atoms with Crippen molar-refractivity contribution < 1.29 is 4.42 Å². The normalized spacial score (nSPS) is 18.0. The maximum absolute atomic E-state index is 11.0. The number of oxazole rings is 1. The lowest BCUT2D eigenvalue weighted by molar-refractivity contribution is 0.451. The van der Waals surface area contributed by atoms with Gasteiger partial charge in [0.05, 0.1) is 0 Å². The fourth-order valence-corrected chi connectivity index (χ4v) is 2.20. The van der Waals surface area contributed by atoms with E-state index < -0.39 is 5.76 Å². The lowest BCUT2D eigenvalue weighted by Gasteiger charge is -2.21. The zero-order valence-corrected chi connectivity index (χ0v) is 8.82. The minimum absolute atomic E-state index is 0.418. The van der Waals surface area contributed by atoms with Crippen LogP contribution in [0.4, 0.5) is 0 Å². The van der Waals surface area contributed by atoms with E-state index in [1.54, 1.807) is 0 Å². The Morgan fingerprint density at radius 3 is 2.94 bits per heavy atom. The fourth-order valence-electron chi connectivity index (χ4n) is 2.20. The van der Waals surface area contributed by atoms with E-state index in [0.717, 1.165) is 31.6 Å². The standard InChI is InChI=1S/C11H13N3O2/c15-11-14-9-2-1-8(13-10(9)16-11)7-3-5-12-6-4-7/h1-2,7,12H,3-6H2,(H,14,15). The Morgan fingerprint density at radius 1 is 1.31 bits per heavy atom. The minimum atomic E-state index is -0.440. The molecule has 1 fully saturated rings. The first-order valence-electron chi connectivity index (χ1n) is 5.53. The van der Waals surface area contributed by atoms with E-state index in [9.17, 15) is 4.79 Å². The van der Waals surface area contributed by atoms with Crippen LogP contribution < -0.4 is 11.1 Å². The van der Waals surface area contributed by atoms with E-state index in [2.05, 4.69) is 15.3 Å². The highest BCUT2D eigenvalue weighted by Crippen LogP contribution is 2.24. The second-order valence-electron chi connectivity index (χ2n) is 4.13. The van der Waals surface area contributed by atoms with E-state index in [0.29, 0.717) is 17.1 Å². The molecule has 0 bridgehead atoms. The Balaban J connectivity index is 2.00. The van der Waals surface area contributed by atoms with Crippen molar-refractivity contribution in [3.05, 3.63) is 28.4 Å². The number of nitrogens with one attached hydrogen (secondary N) is 2. The van der Waals surface area contributed by atoms with E-state index in [1.165, 1.54) is 0 Å². The molecule has 1 aliphatic rings. The number of aromatic amines is 1. The van der Waals surface area contributed by atoms with Crippen LogP contribution in [0.5, 0.6) is 0 Å². The van der Waals surface area contributed by atoms with E-state index in [4.69, 9.17) is 4.42 Å². The largest absolute Gasteiger partial charge is 0.418 e. The lowest BCUT2D eigenvalue weighted by Crippen LogP contribution is -2.27. The summed E-state index contributed by atoms with van der Waals surface area (Å²) in [7, 11) is 0. The van der Waals surface area contributed by atoms with Gasteiger partial charge in [-0.25, -0.2) is 9.78 Å². The van der Waals surface area contributed by atoms with Crippen LogP contribution in [0.15, 0.2) is 21.3 Å². The first-order chi connectivity index (χ1) is 7.83. The van der Waals surface area contributed by atoms with Gasteiger partial charge in [-0.2, -0.15) is 0 Å². The van der Waals surface area contributed by atoms with Crippen LogP contribution in [0, 0.1) is 0 Å². The Labute approximate surface area is 91.9 Å². The van der Waals surface area contributed by atoms with Crippen molar-refractivity contribution in [2.75, 3.05) is 13.1 Å². The van der Waals surface area contributed by atoms with Crippen LogP contribution in [0.1, 0.15) is 24.5 Å². The van der Waals surface area contributed by atoms with Gasteiger partial charge in [-0.3, -0.25) is 4.98 Å². The van der Waals surface area contributed by atoms with Crippen LogP contribution in [-0.2, 0) is 0 Å². The number of pyridine rings is 1. The number of fused-ring (bicyclic) bond motifs is 1. The molecule has 2 aromatic heterocycles. The highest BCUT2D eigenvalue weighted by molar-refractivity contribution is 5.67. The van der Waals surface area contributed by atoms with Gasteiger partial charge in [-0.1, -0.05) is 0 Å². The number of hydrogen-bond donors (Lipinski definition) is 2. The molecule has 0 aliphatic carbocycles. The predicted octanol–water partition coefficient (Wildman–Crippen LogP) is 0.983. The van der Waals surface area contributed by atoms with Crippen molar-refractivity contribution in [2.24, 2.45) is 0 Å². The van der Waals surface area contributed by atoms with Gasteiger partial charge in [0.15, 0.2) is 0 Å². The molecule has 0 saturated carbocycles. The molecule has 16 heavy (non-hydrogen) atoms. The first kappa shape index (κ1) is 9.59. The first-order valence-corrected chi connectivity index (χ1v) is 5.53. The summed E-state index contributed by atoms with van der Waals surface area (Å²) in [4.78, 5) is 18.0. The van der Waals surface area contributed by atoms with Crippen molar-refractivity contribution >= 4 is 11.2 Å². The number of piperidine rings is 1. The number of hydrogen-bond acceptors (Lipinski definition) is 4. The zero-order chi connectivity index (χ0) is 11.0. The Bertz CT molecular complexity index is 552. The summed E-state index contributed by atoms with van der Waals surface area (Å²) in [5.74, 6) is 0.0378. The Kier molecular flexibility index (Phi) is 2.25. The maximum atomic E-state index is 11.0. The topological polar surface area (TPSA) is 70.9 Å². The lowest BCUT2D eigenvalue weighted by atomic mass is 9.94. The number of aromatic nitrogens is 2. The third-order valence-corrected chi connectivity index (χ3v) is 3.07. The molecular weight excluding hydrogens is 206 g/mol. The molecular formula is C11H13N3O2. The van der Waals surface area contributed by atoms with Gasteiger partial charge in [0.2, 0.25) is 5.71 Å². The number of nitrogens with zero attached hydrogens (tertiary/aromatic N) is 1. The van der Waals surface area contributed by atoms with Crippen LogP contribution in [0.3, 0.4) is 0 Å². The maximum Gasteiger partial charge on any atom is 0.418 e. The summed E-state index contributed by atoms with van der Waals surface area (Å²) < 4.78 is 4.96. The molecule has 0 radical (unpaired) electrons. The summed E-state index contributed by atoms with van der Waals surface area (Å²) in [5, 5.41) is 3.32. The summed E-state index contributed by atoms with van der Waals surface area (Å²) in [6.45, 7) is 2.06. The van der Waals surface area contributed by atoms with E-state index >= 15 is 0 Å². The summed E-state index contributed by atoms with van der Waals surface area (Å²) in [6.07, 6.45) is 2.18. The smallest absolute Gasteiger partial charge is 0.389 e. The molecule has 2 aromatic rings. The SMILES string of the molecule is O=c1[nH]c2ccc(C3CCNCC3)nc2o1. The van der Waals surface area contributed by atoms with Crippen LogP contribution in [0.25, 0.3) is 11.2 Å². The van der Waals surface area contributed by atoms with Gasteiger partial charge < -0.3 is 9.73 Å². The highest BCUT2D eigenvalue weighted by atomic mass is 16.4. The Morgan fingerprint density at radius 2 is 2.12 bits per heavy atom. The second-order valence-corrected chi connectivity index (χ2v) is 4.13. The quantitative estimate of drug-likeness (QED) is 0.750. The molecule has 5 heteroatoms. The molecule has 0 unspecified atom stereocenters. The molecule has 5 nitrogen and oxygen atoms in total. The van der Waals surface area contributed by atoms with Gasteiger partial charge in [0.1, 0.15) is 5.52 Å². The summed E-state index contributed by atoms with van der Waals surface area (Å²) >= 11 is 0. The van der Waals surface area contributed by atoms with Crippen LogP contribution in [0.2, 0.25) is 0 Å². The molecule has 0 spiro atoms. The highest BCUT2D eigenvalue weighted by Gasteiger charge is 2.17. The van der Waals surface area contributed by atoms with Crippen molar-refractivity contribution in [3.63, 3.8) is 0 Å². The van der Waals surface area contributed by atoms with E-state index in [1.807, 2.05) is 12.1 Å². The molecule has 3 rings (SSSR count). The van der Waals surface area contributed by atoms with Crippen LogP contribution >= 0.6 is 0 Å².